The Kier molecular flexibility index (Phi) is 4.24. The molecule has 2 aromatic carbocycles. The van der Waals surface area contributed by atoms with E-state index >= 15 is 0 Å². The number of nitrogens with two attached hydrogens (primary N) is 1. The van der Waals surface area contributed by atoms with E-state index < -0.39 is 0 Å². The van der Waals surface area contributed by atoms with Crippen LogP contribution >= 0.6 is 0 Å². The highest BCUT2D eigenvalue weighted by atomic mass is 16.5. The van der Waals surface area contributed by atoms with Gasteiger partial charge < -0.3 is 20.1 Å². The summed E-state index contributed by atoms with van der Waals surface area (Å²) in [5.74, 6) is 2.36. The van der Waals surface area contributed by atoms with Crippen LogP contribution in [0.15, 0.2) is 36.4 Å². The average Bonchev–Trinajstić information content (AvgIpc) is 2.89. The number of hydrogen-bond donors (Lipinski definition) is 1. The molecule has 4 rings (SSSR count). The van der Waals surface area contributed by atoms with E-state index in [0.717, 1.165) is 36.8 Å². The summed E-state index contributed by atoms with van der Waals surface area (Å²) in [6.07, 6.45) is 1.95. The molecule has 1 aromatic heterocycles. The molecule has 6 nitrogen and oxygen atoms in total. The number of ether oxygens (including phenoxy) is 2. The second-order valence-corrected chi connectivity index (χ2v) is 6.39. The molecule has 1 aliphatic rings. The predicted molar refractivity (Wildman–Crippen MR) is 103 cm³/mol. The molecular weight excluding hydrogens is 328 g/mol. The first-order valence-corrected chi connectivity index (χ1v) is 8.70. The molecular formula is C20H22N4O2. The lowest BCUT2D eigenvalue weighted by atomic mass is 10.0. The van der Waals surface area contributed by atoms with E-state index in [9.17, 15) is 0 Å². The maximum Gasteiger partial charge on any atom is 0.227 e. The highest BCUT2D eigenvalue weighted by Crippen LogP contribution is 2.34. The molecule has 2 heterocycles. The number of nitrogens with zero attached hydrogens (tertiary/aromatic N) is 3. The van der Waals surface area contributed by atoms with Crippen molar-refractivity contribution in [3.05, 3.63) is 47.5 Å². The summed E-state index contributed by atoms with van der Waals surface area (Å²) in [7, 11) is 3.21. The number of fused-ring (bicyclic) bond motifs is 2. The van der Waals surface area contributed by atoms with Gasteiger partial charge in [-0.1, -0.05) is 24.3 Å². The fraction of sp³-hybridized carbons (Fsp3) is 0.300. The quantitative estimate of drug-likeness (QED) is 0.783. The second-order valence-electron chi connectivity index (χ2n) is 6.39. The van der Waals surface area contributed by atoms with Crippen molar-refractivity contribution >= 4 is 22.7 Å². The maximum absolute atomic E-state index is 6.23. The Morgan fingerprint density at radius 2 is 1.54 bits per heavy atom. The second kappa shape index (κ2) is 6.71. The van der Waals surface area contributed by atoms with Gasteiger partial charge in [-0.25, -0.2) is 4.98 Å². The molecule has 0 atom stereocenters. The molecule has 26 heavy (non-hydrogen) atoms. The van der Waals surface area contributed by atoms with E-state index in [4.69, 9.17) is 20.2 Å². The van der Waals surface area contributed by atoms with E-state index in [0.29, 0.717) is 23.3 Å². The Hall–Kier alpha value is -3.02. The molecule has 6 heteroatoms. The topological polar surface area (TPSA) is 73.5 Å². The summed E-state index contributed by atoms with van der Waals surface area (Å²) in [6.45, 7) is 1.74. The van der Waals surface area contributed by atoms with Gasteiger partial charge in [-0.15, -0.1) is 0 Å². The molecule has 0 spiro atoms. The first-order chi connectivity index (χ1) is 12.7. The van der Waals surface area contributed by atoms with Gasteiger partial charge >= 0.3 is 0 Å². The fourth-order valence-corrected chi connectivity index (χ4v) is 3.48. The fourth-order valence-electron chi connectivity index (χ4n) is 3.48. The summed E-state index contributed by atoms with van der Waals surface area (Å²) >= 11 is 0. The average molecular weight is 350 g/mol. The van der Waals surface area contributed by atoms with Crippen molar-refractivity contribution in [1.82, 2.24) is 9.97 Å². The monoisotopic (exact) mass is 350 g/mol. The molecule has 134 valence electrons. The van der Waals surface area contributed by atoms with E-state index in [-0.39, 0.29) is 0 Å². The third kappa shape index (κ3) is 2.87. The Bertz CT molecular complexity index is 931. The van der Waals surface area contributed by atoms with E-state index in [2.05, 4.69) is 34.1 Å². The Balaban J connectivity index is 1.71. The summed E-state index contributed by atoms with van der Waals surface area (Å²) in [5.41, 5.74) is 9.78. The van der Waals surface area contributed by atoms with Crippen molar-refractivity contribution in [2.75, 3.05) is 37.9 Å². The smallest absolute Gasteiger partial charge is 0.227 e. The zero-order valence-electron chi connectivity index (χ0n) is 15.0. The molecule has 3 aromatic rings. The van der Waals surface area contributed by atoms with Crippen LogP contribution in [0.3, 0.4) is 0 Å². The van der Waals surface area contributed by atoms with Crippen molar-refractivity contribution in [2.24, 2.45) is 0 Å². The van der Waals surface area contributed by atoms with Crippen molar-refractivity contribution in [3.8, 4) is 11.5 Å². The van der Waals surface area contributed by atoms with Crippen LogP contribution in [-0.4, -0.2) is 37.3 Å². The van der Waals surface area contributed by atoms with Gasteiger partial charge in [0.05, 0.1) is 19.7 Å². The highest BCUT2D eigenvalue weighted by molar-refractivity contribution is 5.91. The van der Waals surface area contributed by atoms with Crippen LogP contribution in [0, 0.1) is 0 Å². The molecule has 0 bridgehead atoms. The molecule has 1 aliphatic heterocycles. The van der Waals surface area contributed by atoms with Gasteiger partial charge in [0, 0.05) is 24.5 Å². The molecule has 0 unspecified atom stereocenters. The first kappa shape index (κ1) is 16.4. The molecule has 0 fully saturated rings. The van der Waals surface area contributed by atoms with Crippen molar-refractivity contribution in [3.63, 3.8) is 0 Å². The van der Waals surface area contributed by atoms with Gasteiger partial charge in [-0.3, -0.25) is 0 Å². The largest absolute Gasteiger partial charge is 0.493 e. The van der Waals surface area contributed by atoms with Gasteiger partial charge in [0.2, 0.25) is 5.95 Å². The molecule has 0 saturated carbocycles. The van der Waals surface area contributed by atoms with E-state index in [1.807, 2.05) is 12.1 Å². The Labute approximate surface area is 152 Å². The minimum absolute atomic E-state index is 0.452. The first-order valence-electron chi connectivity index (χ1n) is 8.70. The number of benzene rings is 2. The van der Waals surface area contributed by atoms with Gasteiger partial charge in [0.25, 0.3) is 0 Å². The highest BCUT2D eigenvalue weighted by Gasteiger charge is 2.18. The zero-order valence-corrected chi connectivity index (χ0v) is 15.0. The van der Waals surface area contributed by atoms with Crippen molar-refractivity contribution < 1.29 is 9.47 Å². The lowest BCUT2D eigenvalue weighted by molar-refractivity contribution is 0.356. The number of nitrogen functional groups attached to an aromatic ring is 1. The predicted octanol–water partition coefficient (Wildman–Crippen LogP) is 2.83. The van der Waals surface area contributed by atoms with Gasteiger partial charge in [-0.05, 0) is 30.0 Å². The summed E-state index contributed by atoms with van der Waals surface area (Å²) < 4.78 is 10.7. The molecule has 0 aliphatic carbocycles. The SMILES string of the molecule is COc1cc2nc(N3CCc4ccccc4CC3)nc(N)c2cc1OC. The zero-order chi connectivity index (χ0) is 18.1. The van der Waals surface area contributed by atoms with Crippen LogP contribution in [0.5, 0.6) is 11.5 Å². The van der Waals surface area contributed by atoms with Crippen LogP contribution in [0.1, 0.15) is 11.1 Å². The lowest BCUT2D eigenvalue weighted by Gasteiger charge is -2.21. The maximum atomic E-state index is 6.23. The lowest BCUT2D eigenvalue weighted by Crippen LogP contribution is -2.28. The van der Waals surface area contributed by atoms with Crippen LogP contribution in [0.2, 0.25) is 0 Å². The molecule has 0 saturated heterocycles. The van der Waals surface area contributed by atoms with E-state index in [1.54, 1.807) is 14.2 Å². The third-order valence-electron chi connectivity index (χ3n) is 4.92. The molecule has 0 radical (unpaired) electrons. The Morgan fingerprint density at radius 3 is 2.15 bits per heavy atom. The normalized spacial score (nSPS) is 14.0. The van der Waals surface area contributed by atoms with Gasteiger partial charge in [0.15, 0.2) is 11.5 Å². The number of anilines is 2. The molecule has 0 amide bonds. The van der Waals surface area contributed by atoms with Crippen LogP contribution in [0.4, 0.5) is 11.8 Å². The van der Waals surface area contributed by atoms with Crippen LogP contribution < -0.4 is 20.1 Å². The number of hydrogen-bond acceptors (Lipinski definition) is 6. The van der Waals surface area contributed by atoms with Crippen LogP contribution in [0.25, 0.3) is 10.9 Å². The molecule has 2 N–H and O–H groups in total. The van der Waals surface area contributed by atoms with Crippen molar-refractivity contribution in [1.29, 1.82) is 0 Å². The standard InChI is InChI=1S/C20H22N4O2/c1-25-17-11-15-16(12-18(17)26-2)22-20(23-19(15)21)24-9-7-13-5-3-4-6-14(13)8-10-24/h3-6,11-12H,7-10H2,1-2H3,(H2,21,22,23). The summed E-state index contributed by atoms with van der Waals surface area (Å²) in [6, 6.07) is 12.3. The number of aromatic nitrogens is 2. The van der Waals surface area contributed by atoms with Crippen LogP contribution in [-0.2, 0) is 12.8 Å². The minimum Gasteiger partial charge on any atom is -0.493 e. The van der Waals surface area contributed by atoms with Gasteiger partial charge in [0.1, 0.15) is 5.82 Å². The van der Waals surface area contributed by atoms with E-state index in [1.165, 1.54) is 11.1 Å². The Morgan fingerprint density at radius 1 is 0.923 bits per heavy atom. The number of methoxy groups -OCH3 is 2. The van der Waals surface area contributed by atoms with Crippen molar-refractivity contribution in [2.45, 2.75) is 12.8 Å². The summed E-state index contributed by atoms with van der Waals surface area (Å²) in [4.78, 5) is 11.5. The minimum atomic E-state index is 0.452. The third-order valence-corrected chi connectivity index (χ3v) is 4.92. The summed E-state index contributed by atoms with van der Waals surface area (Å²) in [5, 5.41) is 0.768. The number of rotatable bonds is 3. The van der Waals surface area contributed by atoms with Gasteiger partial charge in [-0.2, -0.15) is 4.98 Å².